The van der Waals surface area contributed by atoms with Crippen LogP contribution in [-0.2, 0) is 4.79 Å². The minimum Gasteiger partial charge on any atom is -0.467 e. The summed E-state index contributed by atoms with van der Waals surface area (Å²) < 4.78 is 18.3. The summed E-state index contributed by atoms with van der Waals surface area (Å²) in [6.07, 6.45) is 1.56. The van der Waals surface area contributed by atoms with Gasteiger partial charge in [-0.05, 0) is 37.3 Å². The van der Waals surface area contributed by atoms with Gasteiger partial charge in [-0.15, -0.1) is 11.8 Å². The fourth-order valence-corrected chi connectivity index (χ4v) is 2.50. The molecule has 6 heteroatoms. The van der Waals surface area contributed by atoms with Crippen LogP contribution in [0.4, 0.5) is 10.1 Å². The summed E-state index contributed by atoms with van der Waals surface area (Å²) in [5.41, 5.74) is 5.89. The number of thioether (sulfide) groups is 1. The molecule has 2 aromatic rings. The Morgan fingerprint density at radius 3 is 2.95 bits per heavy atom. The topological polar surface area (TPSA) is 68.3 Å². The molecule has 3 N–H and O–H groups in total. The summed E-state index contributed by atoms with van der Waals surface area (Å²) in [5.74, 6) is 0.324. The summed E-state index contributed by atoms with van der Waals surface area (Å²) in [4.78, 5) is 12.4. The van der Waals surface area contributed by atoms with Crippen molar-refractivity contribution in [2.75, 3.05) is 11.5 Å². The zero-order chi connectivity index (χ0) is 14.5. The highest BCUT2D eigenvalue weighted by Crippen LogP contribution is 2.22. The Morgan fingerprint density at radius 2 is 2.30 bits per heavy atom. The number of halogens is 1. The van der Waals surface area contributed by atoms with Crippen LogP contribution in [0.1, 0.15) is 18.7 Å². The number of anilines is 1. The molecule has 1 aromatic carbocycles. The zero-order valence-corrected chi connectivity index (χ0v) is 11.7. The van der Waals surface area contributed by atoms with Gasteiger partial charge in [-0.2, -0.15) is 0 Å². The molecular formula is C14H15FN2O2S. The number of furan rings is 1. The zero-order valence-electron chi connectivity index (χ0n) is 10.9. The number of hydrogen-bond acceptors (Lipinski definition) is 4. The number of amides is 1. The third-order valence-electron chi connectivity index (χ3n) is 2.61. The Bertz CT molecular complexity index is 567. The molecule has 4 nitrogen and oxygen atoms in total. The van der Waals surface area contributed by atoms with Crippen molar-refractivity contribution < 1.29 is 13.6 Å². The number of benzene rings is 1. The van der Waals surface area contributed by atoms with E-state index < -0.39 is 5.82 Å². The molecule has 0 spiro atoms. The standard InChI is InChI=1S/C14H15FN2O2S/c1-9(13-3-2-4-19-13)17-14(18)8-20-12-6-10(15)5-11(16)7-12/h2-7,9H,8,16H2,1H3,(H,17,18). The third kappa shape index (κ3) is 4.03. The lowest BCUT2D eigenvalue weighted by atomic mass is 10.2. The number of nitrogens with two attached hydrogens (primary N) is 1. The van der Waals surface area contributed by atoms with Gasteiger partial charge in [-0.3, -0.25) is 4.79 Å². The van der Waals surface area contributed by atoms with Crippen molar-refractivity contribution in [1.82, 2.24) is 5.32 Å². The van der Waals surface area contributed by atoms with Gasteiger partial charge in [0.2, 0.25) is 5.91 Å². The number of carbonyl (C=O) groups is 1. The molecule has 0 aliphatic heterocycles. The van der Waals surface area contributed by atoms with E-state index in [1.165, 1.54) is 23.9 Å². The molecule has 1 heterocycles. The normalized spacial score (nSPS) is 12.1. The summed E-state index contributed by atoms with van der Waals surface area (Å²) >= 11 is 1.23. The monoisotopic (exact) mass is 294 g/mol. The molecular weight excluding hydrogens is 279 g/mol. The molecule has 2 rings (SSSR count). The van der Waals surface area contributed by atoms with Crippen LogP contribution >= 0.6 is 11.8 Å². The van der Waals surface area contributed by atoms with Crippen LogP contribution in [0, 0.1) is 5.82 Å². The molecule has 0 aliphatic carbocycles. The Morgan fingerprint density at radius 1 is 1.50 bits per heavy atom. The average Bonchev–Trinajstić information content (AvgIpc) is 2.89. The molecule has 1 amide bonds. The second-order valence-corrected chi connectivity index (χ2v) is 5.36. The molecule has 20 heavy (non-hydrogen) atoms. The van der Waals surface area contributed by atoms with Gasteiger partial charge >= 0.3 is 0 Å². The number of hydrogen-bond donors (Lipinski definition) is 2. The van der Waals surface area contributed by atoms with Gasteiger partial charge in [0, 0.05) is 10.6 Å². The highest BCUT2D eigenvalue weighted by Gasteiger charge is 2.12. The average molecular weight is 294 g/mol. The van der Waals surface area contributed by atoms with Gasteiger partial charge in [0.15, 0.2) is 0 Å². The number of nitrogens with one attached hydrogen (secondary N) is 1. The molecule has 1 aromatic heterocycles. The maximum absolute atomic E-state index is 13.1. The predicted octanol–water partition coefficient (Wildman–Crippen LogP) is 2.97. The van der Waals surface area contributed by atoms with Crippen molar-refractivity contribution in [2.45, 2.75) is 17.9 Å². The molecule has 0 fully saturated rings. The number of carbonyl (C=O) groups excluding carboxylic acids is 1. The van der Waals surface area contributed by atoms with Gasteiger partial charge in [-0.25, -0.2) is 4.39 Å². The predicted molar refractivity (Wildman–Crippen MR) is 76.8 cm³/mol. The van der Waals surface area contributed by atoms with Crippen LogP contribution in [-0.4, -0.2) is 11.7 Å². The third-order valence-corrected chi connectivity index (χ3v) is 3.59. The Kier molecular flexibility index (Phi) is 4.68. The molecule has 1 unspecified atom stereocenters. The van der Waals surface area contributed by atoms with E-state index in [1.54, 1.807) is 24.5 Å². The maximum Gasteiger partial charge on any atom is 0.230 e. The van der Waals surface area contributed by atoms with Gasteiger partial charge in [0.25, 0.3) is 0 Å². The summed E-state index contributed by atoms with van der Waals surface area (Å²) in [7, 11) is 0. The van der Waals surface area contributed by atoms with Crippen LogP contribution in [0.15, 0.2) is 45.9 Å². The first-order chi connectivity index (χ1) is 9.54. The SMILES string of the molecule is CC(NC(=O)CSc1cc(N)cc(F)c1)c1ccco1. The van der Waals surface area contributed by atoms with Gasteiger partial charge in [-0.1, -0.05) is 0 Å². The van der Waals surface area contributed by atoms with Crippen molar-refractivity contribution in [3.8, 4) is 0 Å². The molecule has 0 radical (unpaired) electrons. The Hall–Kier alpha value is -1.95. The quantitative estimate of drug-likeness (QED) is 0.657. The van der Waals surface area contributed by atoms with Gasteiger partial charge < -0.3 is 15.5 Å². The first kappa shape index (κ1) is 14.5. The maximum atomic E-state index is 13.1. The van der Waals surface area contributed by atoms with Crippen LogP contribution in [0.25, 0.3) is 0 Å². The van der Waals surface area contributed by atoms with Crippen molar-refractivity contribution in [1.29, 1.82) is 0 Å². The second kappa shape index (κ2) is 6.47. The summed E-state index contributed by atoms with van der Waals surface area (Å²) in [6, 6.07) is 7.59. The van der Waals surface area contributed by atoms with E-state index in [1.807, 2.05) is 6.92 Å². The summed E-state index contributed by atoms with van der Waals surface area (Å²) in [6.45, 7) is 1.83. The fraction of sp³-hybridized carbons (Fsp3) is 0.214. The summed E-state index contributed by atoms with van der Waals surface area (Å²) in [5, 5.41) is 2.80. The molecule has 1 atom stereocenters. The number of rotatable bonds is 5. The Balaban J connectivity index is 1.86. The molecule has 0 saturated carbocycles. The van der Waals surface area contributed by atoms with E-state index in [-0.39, 0.29) is 17.7 Å². The first-order valence-electron chi connectivity index (χ1n) is 6.06. The molecule has 106 valence electrons. The Labute approximate surface area is 120 Å². The van der Waals surface area contributed by atoms with E-state index in [4.69, 9.17) is 10.2 Å². The van der Waals surface area contributed by atoms with E-state index >= 15 is 0 Å². The van der Waals surface area contributed by atoms with Crippen molar-refractivity contribution >= 4 is 23.4 Å². The molecule has 0 aliphatic rings. The fourth-order valence-electron chi connectivity index (χ4n) is 1.71. The lowest BCUT2D eigenvalue weighted by Crippen LogP contribution is -2.27. The van der Waals surface area contributed by atoms with E-state index in [9.17, 15) is 9.18 Å². The second-order valence-electron chi connectivity index (χ2n) is 4.31. The smallest absolute Gasteiger partial charge is 0.230 e. The van der Waals surface area contributed by atoms with Crippen molar-refractivity contribution in [3.05, 3.63) is 48.2 Å². The highest BCUT2D eigenvalue weighted by atomic mass is 32.2. The molecule has 0 bridgehead atoms. The van der Waals surface area contributed by atoms with E-state index in [0.717, 1.165) is 0 Å². The van der Waals surface area contributed by atoms with Gasteiger partial charge in [0.1, 0.15) is 11.6 Å². The minimum atomic E-state index is -0.406. The number of nitrogen functional groups attached to an aromatic ring is 1. The van der Waals surface area contributed by atoms with Crippen LogP contribution in [0.3, 0.4) is 0 Å². The van der Waals surface area contributed by atoms with Crippen molar-refractivity contribution in [3.63, 3.8) is 0 Å². The largest absolute Gasteiger partial charge is 0.467 e. The molecule has 0 saturated heterocycles. The first-order valence-corrected chi connectivity index (χ1v) is 7.05. The minimum absolute atomic E-state index is 0.151. The lowest BCUT2D eigenvalue weighted by Gasteiger charge is -2.11. The van der Waals surface area contributed by atoms with Crippen LogP contribution < -0.4 is 11.1 Å². The van der Waals surface area contributed by atoms with E-state index in [2.05, 4.69) is 5.32 Å². The van der Waals surface area contributed by atoms with E-state index in [0.29, 0.717) is 16.3 Å². The van der Waals surface area contributed by atoms with Crippen LogP contribution in [0.2, 0.25) is 0 Å². The van der Waals surface area contributed by atoms with Crippen LogP contribution in [0.5, 0.6) is 0 Å². The van der Waals surface area contributed by atoms with Crippen molar-refractivity contribution in [2.24, 2.45) is 0 Å². The van der Waals surface area contributed by atoms with Gasteiger partial charge in [0.05, 0.1) is 18.1 Å². The lowest BCUT2D eigenvalue weighted by molar-refractivity contribution is -0.119. The highest BCUT2D eigenvalue weighted by molar-refractivity contribution is 8.00.